The van der Waals surface area contributed by atoms with E-state index in [0.29, 0.717) is 0 Å². The third-order valence-corrected chi connectivity index (χ3v) is 3.68. The number of ether oxygens (including phenoxy) is 1. The van der Waals surface area contributed by atoms with Crippen molar-refractivity contribution in [3.8, 4) is 0 Å². The van der Waals surface area contributed by atoms with Crippen LogP contribution in [0, 0.1) is 0 Å². The molecule has 0 saturated carbocycles. The molecular weight excluding hydrogens is 240 g/mol. The number of piperidine rings is 1. The number of carbonyl (C=O) groups is 1. The Bertz CT molecular complexity index is 308. The van der Waals surface area contributed by atoms with Crippen LogP contribution < -0.4 is 5.32 Å². The Morgan fingerprint density at radius 2 is 1.89 bits per heavy atom. The second-order valence-corrected chi connectivity index (χ2v) is 7.16. The number of nitrogens with one attached hydrogen (secondary N) is 1. The summed E-state index contributed by atoms with van der Waals surface area (Å²) < 4.78 is 5.52. The number of hydrogen-bond donors (Lipinski definition) is 1. The summed E-state index contributed by atoms with van der Waals surface area (Å²) in [4.78, 5) is 14.2. The van der Waals surface area contributed by atoms with Crippen molar-refractivity contribution in [3.05, 3.63) is 0 Å². The molecule has 1 aliphatic heterocycles. The third kappa shape index (κ3) is 5.39. The zero-order chi connectivity index (χ0) is 14.7. The van der Waals surface area contributed by atoms with Crippen LogP contribution >= 0.6 is 0 Å². The fourth-order valence-corrected chi connectivity index (χ4v) is 2.46. The molecule has 19 heavy (non-hydrogen) atoms. The number of hydrogen-bond acceptors (Lipinski definition) is 3. The van der Waals surface area contributed by atoms with E-state index >= 15 is 0 Å². The van der Waals surface area contributed by atoms with E-state index in [0.717, 1.165) is 25.8 Å². The van der Waals surface area contributed by atoms with Gasteiger partial charge < -0.3 is 15.0 Å². The first kappa shape index (κ1) is 16.3. The highest BCUT2D eigenvalue weighted by Crippen LogP contribution is 2.26. The van der Waals surface area contributed by atoms with Crippen LogP contribution in [0.25, 0.3) is 0 Å². The van der Waals surface area contributed by atoms with Crippen molar-refractivity contribution in [2.24, 2.45) is 0 Å². The van der Waals surface area contributed by atoms with E-state index in [1.807, 2.05) is 32.7 Å². The Morgan fingerprint density at radius 1 is 1.26 bits per heavy atom. The van der Waals surface area contributed by atoms with Gasteiger partial charge in [0.25, 0.3) is 0 Å². The van der Waals surface area contributed by atoms with Crippen LogP contribution in [0.1, 0.15) is 60.3 Å². The molecule has 1 heterocycles. The lowest BCUT2D eigenvalue weighted by Gasteiger charge is -2.40. The van der Waals surface area contributed by atoms with Gasteiger partial charge in [-0.1, -0.05) is 0 Å². The number of nitrogens with zero attached hydrogens (tertiary/aromatic N) is 1. The second kappa shape index (κ2) is 6.12. The molecule has 1 fully saturated rings. The third-order valence-electron chi connectivity index (χ3n) is 3.68. The molecule has 1 rings (SSSR count). The van der Waals surface area contributed by atoms with Gasteiger partial charge in [-0.3, -0.25) is 0 Å². The standard InChI is InChI=1S/C15H30N2O2/c1-14(2,3)19-13(18)17-10-8-7-9-12(17)11-15(4,5)16-6/h12,16H,7-11H2,1-6H3. The van der Waals surface area contributed by atoms with Gasteiger partial charge in [-0.05, 0) is 67.3 Å². The van der Waals surface area contributed by atoms with Gasteiger partial charge in [0.1, 0.15) is 5.60 Å². The van der Waals surface area contributed by atoms with Crippen molar-refractivity contribution < 1.29 is 9.53 Å². The average molecular weight is 270 g/mol. The van der Waals surface area contributed by atoms with Crippen LogP contribution in [0.3, 0.4) is 0 Å². The normalized spacial score (nSPS) is 21.4. The summed E-state index contributed by atoms with van der Waals surface area (Å²) in [5.74, 6) is 0. The molecule has 1 aliphatic rings. The van der Waals surface area contributed by atoms with Gasteiger partial charge in [0, 0.05) is 18.1 Å². The van der Waals surface area contributed by atoms with Crippen LogP contribution in [0.15, 0.2) is 0 Å². The molecule has 0 aromatic heterocycles. The molecule has 0 aromatic carbocycles. The van der Waals surface area contributed by atoms with Crippen molar-refractivity contribution >= 4 is 6.09 Å². The summed E-state index contributed by atoms with van der Waals surface area (Å²) >= 11 is 0. The maximum absolute atomic E-state index is 12.3. The van der Waals surface area contributed by atoms with Crippen LogP contribution in [0.5, 0.6) is 0 Å². The molecule has 0 spiro atoms. The average Bonchev–Trinajstić information content (AvgIpc) is 2.27. The van der Waals surface area contributed by atoms with E-state index < -0.39 is 5.60 Å². The highest BCUT2D eigenvalue weighted by atomic mass is 16.6. The van der Waals surface area contributed by atoms with Crippen LogP contribution in [0.4, 0.5) is 4.79 Å². The van der Waals surface area contributed by atoms with Gasteiger partial charge in [0.05, 0.1) is 0 Å². The lowest BCUT2D eigenvalue weighted by Crippen LogP contribution is -2.51. The molecule has 0 aromatic rings. The first-order valence-electron chi connectivity index (χ1n) is 7.33. The van der Waals surface area contributed by atoms with E-state index in [9.17, 15) is 4.79 Å². The second-order valence-electron chi connectivity index (χ2n) is 7.16. The molecule has 4 nitrogen and oxygen atoms in total. The summed E-state index contributed by atoms with van der Waals surface area (Å²) in [5.41, 5.74) is -0.375. The Balaban J connectivity index is 2.70. The molecule has 0 aliphatic carbocycles. The zero-order valence-corrected chi connectivity index (χ0v) is 13.4. The lowest BCUT2D eigenvalue weighted by molar-refractivity contribution is 0.00614. The number of carbonyl (C=O) groups excluding carboxylic acids is 1. The van der Waals surface area contributed by atoms with Crippen molar-refractivity contribution in [2.45, 2.75) is 77.5 Å². The predicted molar refractivity (Wildman–Crippen MR) is 78.3 cm³/mol. The summed E-state index contributed by atoms with van der Waals surface area (Å²) in [6.07, 6.45) is 4.15. The van der Waals surface area contributed by atoms with E-state index in [2.05, 4.69) is 19.2 Å². The molecule has 1 saturated heterocycles. The van der Waals surface area contributed by atoms with Crippen molar-refractivity contribution in [2.75, 3.05) is 13.6 Å². The molecule has 1 unspecified atom stereocenters. The van der Waals surface area contributed by atoms with Crippen molar-refractivity contribution in [1.82, 2.24) is 10.2 Å². The minimum absolute atomic E-state index is 0.0439. The summed E-state index contributed by atoms with van der Waals surface area (Å²) in [6.45, 7) is 10.9. The van der Waals surface area contributed by atoms with Gasteiger partial charge in [-0.15, -0.1) is 0 Å². The molecule has 112 valence electrons. The zero-order valence-electron chi connectivity index (χ0n) is 13.4. The van der Waals surface area contributed by atoms with E-state index in [1.54, 1.807) is 0 Å². The Hall–Kier alpha value is -0.770. The molecular formula is C15H30N2O2. The van der Waals surface area contributed by atoms with E-state index in [1.165, 1.54) is 6.42 Å². The fraction of sp³-hybridized carbons (Fsp3) is 0.933. The Morgan fingerprint density at radius 3 is 2.42 bits per heavy atom. The predicted octanol–water partition coefficient (Wildman–Crippen LogP) is 3.16. The van der Waals surface area contributed by atoms with Crippen molar-refractivity contribution in [1.29, 1.82) is 0 Å². The maximum Gasteiger partial charge on any atom is 0.410 e. The van der Waals surface area contributed by atoms with Crippen LogP contribution in [-0.2, 0) is 4.74 Å². The lowest BCUT2D eigenvalue weighted by atomic mass is 9.89. The van der Waals surface area contributed by atoms with Gasteiger partial charge in [-0.25, -0.2) is 4.79 Å². The van der Waals surface area contributed by atoms with Gasteiger partial charge in [0.2, 0.25) is 0 Å². The largest absolute Gasteiger partial charge is 0.444 e. The van der Waals surface area contributed by atoms with Gasteiger partial charge in [0.15, 0.2) is 0 Å². The first-order chi connectivity index (χ1) is 8.64. The smallest absolute Gasteiger partial charge is 0.410 e. The molecule has 4 heteroatoms. The van der Waals surface area contributed by atoms with Crippen molar-refractivity contribution in [3.63, 3.8) is 0 Å². The maximum atomic E-state index is 12.3. The summed E-state index contributed by atoms with van der Waals surface area (Å²) in [7, 11) is 1.97. The quantitative estimate of drug-likeness (QED) is 0.856. The minimum atomic E-state index is -0.419. The molecule has 1 amide bonds. The molecule has 1 atom stereocenters. The van der Waals surface area contributed by atoms with Gasteiger partial charge in [-0.2, -0.15) is 0 Å². The SMILES string of the molecule is CNC(C)(C)CC1CCCCN1C(=O)OC(C)(C)C. The fourth-order valence-electron chi connectivity index (χ4n) is 2.46. The Labute approximate surface area is 117 Å². The number of likely N-dealkylation sites (tertiary alicyclic amines) is 1. The summed E-state index contributed by atoms with van der Waals surface area (Å²) in [5, 5.41) is 3.32. The monoisotopic (exact) mass is 270 g/mol. The summed E-state index contributed by atoms with van der Waals surface area (Å²) in [6, 6.07) is 0.283. The highest BCUT2D eigenvalue weighted by molar-refractivity contribution is 5.68. The molecule has 1 N–H and O–H groups in total. The van der Waals surface area contributed by atoms with E-state index in [4.69, 9.17) is 4.74 Å². The topological polar surface area (TPSA) is 41.6 Å². The van der Waals surface area contributed by atoms with E-state index in [-0.39, 0.29) is 17.7 Å². The van der Waals surface area contributed by atoms with Crippen LogP contribution in [-0.4, -0.2) is 41.8 Å². The Kier molecular flexibility index (Phi) is 5.25. The molecule has 0 radical (unpaired) electrons. The minimum Gasteiger partial charge on any atom is -0.444 e. The molecule has 0 bridgehead atoms. The highest BCUT2D eigenvalue weighted by Gasteiger charge is 2.33. The van der Waals surface area contributed by atoms with Gasteiger partial charge >= 0.3 is 6.09 Å². The first-order valence-corrected chi connectivity index (χ1v) is 7.33. The van der Waals surface area contributed by atoms with Crippen LogP contribution in [0.2, 0.25) is 0 Å². The number of rotatable bonds is 3. The number of amides is 1.